The molecule has 4 rings (SSSR count). The molecule has 1 aliphatic rings. The Hall–Kier alpha value is -2.94. The summed E-state index contributed by atoms with van der Waals surface area (Å²) in [7, 11) is 0. The second-order valence-corrected chi connectivity index (χ2v) is 5.64. The second-order valence-electron chi connectivity index (χ2n) is 5.64. The van der Waals surface area contributed by atoms with Crippen LogP contribution in [0.4, 0.5) is 5.69 Å². The van der Waals surface area contributed by atoms with Gasteiger partial charge in [-0.3, -0.25) is 9.59 Å². The Kier molecular flexibility index (Phi) is 3.01. The van der Waals surface area contributed by atoms with Crippen molar-refractivity contribution >= 4 is 28.3 Å². The number of amides is 2. The Morgan fingerprint density at radius 2 is 1.39 bits per heavy atom. The van der Waals surface area contributed by atoms with Gasteiger partial charge >= 0.3 is 0 Å². The number of aryl methyl sites for hydroxylation is 1. The quantitative estimate of drug-likeness (QED) is 0.665. The third-order valence-electron chi connectivity index (χ3n) is 4.39. The van der Waals surface area contributed by atoms with E-state index >= 15 is 0 Å². The molecule has 0 saturated heterocycles. The van der Waals surface area contributed by atoms with Gasteiger partial charge in [-0.15, -0.1) is 0 Å². The van der Waals surface area contributed by atoms with Crippen LogP contribution in [0.5, 0.6) is 0 Å². The van der Waals surface area contributed by atoms with Gasteiger partial charge in [-0.05, 0) is 35.6 Å². The van der Waals surface area contributed by atoms with Crippen LogP contribution in [0, 0.1) is 0 Å². The summed E-state index contributed by atoms with van der Waals surface area (Å²) in [5.74, 6) is -0.500. The number of hydrogen-bond acceptors (Lipinski definition) is 2. The van der Waals surface area contributed by atoms with E-state index in [1.807, 2.05) is 55.5 Å². The van der Waals surface area contributed by atoms with E-state index in [0.717, 1.165) is 22.8 Å². The third kappa shape index (κ3) is 1.90. The van der Waals surface area contributed by atoms with E-state index in [0.29, 0.717) is 16.8 Å². The molecule has 112 valence electrons. The van der Waals surface area contributed by atoms with Gasteiger partial charge in [0.05, 0.1) is 5.69 Å². The Morgan fingerprint density at radius 1 is 0.783 bits per heavy atom. The summed E-state index contributed by atoms with van der Waals surface area (Å²) >= 11 is 0. The second kappa shape index (κ2) is 5.06. The van der Waals surface area contributed by atoms with Crippen LogP contribution in [0.3, 0.4) is 0 Å². The Labute approximate surface area is 134 Å². The number of carbonyl (C=O) groups excluding carboxylic acids is 2. The van der Waals surface area contributed by atoms with E-state index < -0.39 is 0 Å². The minimum absolute atomic E-state index is 0.250. The molecule has 2 amide bonds. The first kappa shape index (κ1) is 13.7. The average molecular weight is 301 g/mol. The number of rotatable bonds is 2. The van der Waals surface area contributed by atoms with Gasteiger partial charge in [-0.1, -0.05) is 49.4 Å². The normalized spacial score (nSPS) is 13.7. The lowest BCUT2D eigenvalue weighted by molar-refractivity contribution is 0.0893. The van der Waals surface area contributed by atoms with Crippen molar-refractivity contribution in [3.8, 4) is 0 Å². The molecule has 23 heavy (non-hydrogen) atoms. The monoisotopic (exact) mass is 301 g/mol. The van der Waals surface area contributed by atoms with Crippen LogP contribution >= 0.6 is 0 Å². The van der Waals surface area contributed by atoms with Gasteiger partial charge in [0.15, 0.2) is 0 Å². The summed E-state index contributed by atoms with van der Waals surface area (Å²) in [5.41, 5.74) is 2.84. The molecule has 3 aromatic carbocycles. The molecular weight excluding hydrogens is 286 g/mol. The van der Waals surface area contributed by atoms with E-state index in [2.05, 4.69) is 0 Å². The van der Waals surface area contributed by atoms with Gasteiger partial charge in [-0.25, -0.2) is 4.90 Å². The summed E-state index contributed by atoms with van der Waals surface area (Å²) in [5, 5.41) is 1.68. The Bertz CT molecular complexity index is 908. The molecule has 0 radical (unpaired) electrons. The van der Waals surface area contributed by atoms with Crippen LogP contribution in [0.1, 0.15) is 33.2 Å². The molecule has 0 atom stereocenters. The summed E-state index contributed by atoms with van der Waals surface area (Å²) in [4.78, 5) is 27.3. The van der Waals surface area contributed by atoms with Crippen LogP contribution < -0.4 is 4.90 Å². The van der Waals surface area contributed by atoms with Gasteiger partial charge in [0.2, 0.25) is 0 Å². The summed E-state index contributed by atoms with van der Waals surface area (Å²) in [6.07, 6.45) is 0.763. The highest BCUT2D eigenvalue weighted by molar-refractivity contribution is 6.35. The predicted octanol–water partition coefficient (Wildman–Crippen LogP) is 4.20. The van der Waals surface area contributed by atoms with Crippen molar-refractivity contribution in [2.24, 2.45) is 0 Å². The number of benzene rings is 3. The van der Waals surface area contributed by atoms with E-state index in [1.165, 1.54) is 4.90 Å². The molecule has 0 N–H and O–H groups in total. The molecule has 1 aliphatic heterocycles. The fraction of sp³-hybridized carbons (Fsp3) is 0.100. The zero-order chi connectivity index (χ0) is 16.0. The highest BCUT2D eigenvalue weighted by Crippen LogP contribution is 2.34. The minimum atomic E-state index is -0.250. The minimum Gasteiger partial charge on any atom is -0.268 e. The molecule has 0 aromatic heterocycles. The third-order valence-corrected chi connectivity index (χ3v) is 4.39. The maximum Gasteiger partial charge on any atom is 0.265 e. The maximum absolute atomic E-state index is 13.0. The van der Waals surface area contributed by atoms with Crippen molar-refractivity contribution in [1.29, 1.82) is 0 Å². The Balaban J connectivity index is 2.00. The molecule has 0 bridgehead atoms. The van der Waals surface area contributed by atoms with Crippen LogP contribution in [0.15, 0.2) is 60.7 Å². The maximum atomic E-state index is 13.0. The lowest BCUT2D eigenvalue weighted by Crippen LogP contribution is -2.41. The van der Waals surface area contributed by atoms with E-state index in [-0.39, 0.29) is 11.8 Å². The lowest BCUT2D eigenvalue weighted by Gasteiger charge is -2.28. The van der Waals surface area contributed by atoms with Crippen molar-refractivity contribution in [3.05, 3.63) is 77.4 Å². The van der Waals surface area contributed by atoms with Gasteiger partial charge in [0.25, 0.3) is 11.8 Å². The van der Waals surface area contributed by atoms with Crippen molar-refractivity contribution in [3.63, 3.8) is 0 Å². The molecule has 0 fully saturated rings. The summed E-state index contributed by atoms with van der Waals surface area (Å²) < 4.78 is 0. The predicted molar refractivity (Wildman–Crippen MR) is 90.9 cm³/mol. The summed E-state index contributed by atoms with van der Waals surface area (Å²) in [6, 6.07) is 18.7. The molecule has 0 unspecified atom stereocenters. The SMILES string of the molecule is CCc1ccccc1N1C(=O)c2cccc3cccc(c23)C1=O. The van der Waals surface area contributed by atoms with Crippen LogP contribution in [0.25, 0.3) is 10.8 Å². The van der Waals surface area contributed by atoms with Crippen LogP contribution in [-0.2, 0) is 6.42 Å². The standard InChI is InChI=1S/C20H15NO2/c1-2-13-7-3-4-12-17(13)21-19(22)15-10-5-8-14-9-6-11-16(18(14)15)20(21)23/h3-12H,2H2,1H3. The smallest absolute Gasteiger partial charge is 0.265 e. The molecule has 0 saturated carbocycles. The fourth-order valence-electron chi connectivity index (χ4n) is 3.28. The summed E-state index contributed by atoms with van der Waals surface area (Å²) in [6.45, 7) is 2.02. The van der Waals surface area contributed by atoms with Crippen molar-refractivity contribution in [2.75, 3.05) is 4.90 Å². The average Bonchev–Trinajstić information content (AvgIpc) is 2.60. The van der Waals surface area contributed by atoms with Gasteiger partial charge < -0.3 is 0 Å². The fourth-order valence-corrected chi connectivity index (χ4v) is 3.28. The molecule has 0 aliphatic carbocycles. The van der Waals surface area contributed by atoms with E-state index in [4.69, 9.17) is 0 Å². The topological polar surface area (TPSA) is 37.4 Å². The molecule has 1 heterocycles. The van der Waals surface area contributed by atoms with Crippen LogP contribution in [0.2, 0.25) is 0 Å². The number of imide groups is 1. The van der Waals surface area contributed by atoms with Crippen molar-refractivity contribution in [1.82, 2.24) is 0 Å². The molecule has 0 spiro atoms. The lowest BCUT2D eigenvalue weighted by atomic mass is 9.93. The Morgan fingerprint density at radius 3 is 2.00 bits per heavy atom. The zero-order valence-electron chi connectivity index (χ0n) is 12.7. The molecule has 3 aromatic rings. The van der Waals surface area contributed by atoms with Gasteiger partial charge in [0.1, 0.15) is 0 Å². The van der Waals surface area contributed by atoms with E-state index in [9.17, 15) is 9.59 Å². The van der Waals surface area contributed by atoms with Crippen molar-refractivity contribution < 1.29 is 9.59 Å². The highest BCUT2D eigenvalue weighted by atomic mass is 16.2. The number of hydrogen-bond donors (Lipinski definition) is 0. The number of carbonyl (C=O) groups is 2. The van der Waals surface area contributed by atoms with Crippen LogP contribution in [-0.4, -0.2) is 11.8 Å². The number of para-hydroxylation sites is 1. The van der Waals surface area contributed by atoms with E-state index in [1.54, 1.807) is 12.1 Å². The molecule has 3 heteroatoms. The highest BCUT2D eigenvalue weighted by Gasteiger charge is 2.34. The first-order chi connectivity index (χ1) is 11.2. The van der Waals surface area contributed by atoms with Crippen molar-refractivity contribution in [2.45, 2.75) is 13.3 Å². The zero-order valence-corrected chi connectivity index (χ0v) is 12.7. The number of nitrogens with zero attached hydrogens (tertiary/aromatic N) is 1. The largest absolute Gasteiger partial charge is 0.268 e. The number of anilines is 1. The van der Waals surface area contributed by atoms with Gasteiger partial charge in [-0.2, -0.15) is 0 Å². The molecule has 3 nitrogen and oxygen atoms in total. The first-order valence-electron chi connectivity index (χ1n) is 7.71. The first-order valence-corrected chi connectivity index (χ1v) is 7.71. The molecular formula is C20H15NO2. The van der Waals surface area contributed by atoms with Gasteiger partial charge in [0, 0.05) is 16.5 Å².